The molecule has 0 aliphatic rings. The van der Waals surface area contributed by atoms with Gasteiger partial charge in [0.2, 0.25) is 20.9 Å². The molecule has 1 N–H and O–H groups in total. The monoisotopic (exact) mass is 322 g/mol. The standard InChI is InChI=1S/C14H18N4O3S/c1-3-11-4-6-12(7-5-11)16-13(19)8-9-22(20,21)14-17-15-10-18(14)2/h4-7,10H,3,8-9H2,1-2H3,(H,16,19). The average molecular weight is 322 g/mol. The van der Waals surface area contributed by atoms with Crippen LogP contribution in [0.2, 0.25) is 0 Å². The molecular formula is C14H18N4O3S. The molecule has 0 atom stereocenters. The maximum atomic E-state index is 12.1. The normalized spacial score (nSPS) is 11.4. The molecule has 0 bridgehead atoms. The lowest BCUT2D eigenvalue weighted by Gasteiger charge is -2.06. The topological polar surface area (TPSA) is 93.9 Å². The second kappa shape index (κ2) is 6.69. The Bertz CT molecular complexity index is 751. The van der Waals surface area contributed by atoms with Crippen LogP contribution in [0.4, 0.5) is 5.69 Å². The van der Waals surface area contributed by atoms with Crippen molar-refractivity contribution in [2.24, 2.45) is 7.05 Å². The number of sulfone groups is 1. The van der Waals surface area contributed by atoms with Gasteiger partial charge in [-0.05, 0) is 24.1 Å². The molecule has 2 aromatic rings. The number of carbonyl (C=O) groups excluding carboxylic acids is 1. The Hall–Kier alpha value is -2.22. The second-order valence-corrected chi connectivity index (χ2v) is 6.89. The van der Waals surface area contributed by atoms with Gasteiger partial charge in [-0.25, -0.2) is 8.42 Å². The van der Waals surface area contributed by atoms with Gasteiger partial charge >= 0.3 is 0 Å². The molecule has 1 aromatic carbocycles. The average Bonchev–Trinajstić information content (AvgIpc) is 2.93. The van der Waals surface area contributed by atoms with Gasteiger partial charge in [-0.3, -0.25) is 4.79 Å². The van der Waals surface area contributed by atoms with Gasteiger partial charge in [-0.2, -0.15) is 0 Å². The number of rotatable bonds is 6. The summed E-state index contributed by atoms with van der Waals surface area (Å²) in [6.45, 7) is 2.05. The molecule has 0 fully saturated rings. The summed E-state index contributed by atoms with van der Waals surface area (Å²) in [5.41, 5.74) is 1.82. The molecule has 0 radical (unpaired) electrons. The number of nitrogens with zero attached hydrogens (tertiary/aromatic N) is 3. The summed E-state index contributed by atoms with van der Waals surface area (Å²) in [5.74, 6) is -0.659. The third-order valence-electron chi connectivity index (χ3n) is 3.19. The van der Waals surface area contributed by atoms with Gasteiger partial charge in [-0.1, -0.05) is 19.1 Å². The van der Waals surface area contributed by atoms with E-state index < -0.39 is 9.84 Å². The molecule has 0 aliphatic carbocycles. The van der Waals surface area contributed by atoms with Crippen LogP contribution in [0.5, 0.6) is 0 Å². The summed E-state index contributed by atoms with van der Waals surface area (Å²) in [4.78, 5) is 11.8. The van der Waals surface area contributed by atoms with Crippen LogP contribution in [-0.4, -0.2) is 34.8 Å². The van der Waals surface area contributed by atoms with Crippen molar-refractivity contribution >= 4 is 21.4 Å². The predicted molar refractivity (Wildman–Crippen MR) is 82.1 cm³/mol. The van der Waals surface area contributed by atoms with Crippen LogP contribution in [0.25, 0.3) is 0 Å². The van der Waals surface area contributed by atoms with Crippen LogP contribution < -0.4 is 5.32 Å². The van der Waals surface area contributed by atoms with Gasteiger partial charge < -0.3 is 9.88 Å². The molecule has 118 valence electrons. The number of hydrogen-bond donors (Lipinski definition) is 1. The van der Waals surface area contributed by atoms with E-state index in [2.05, 4.69) is 15.5 Å². The van der Waals surface area contributed by atoms with E-state index >= 15 is 0 Å². The fourth-order valence-electron chi connectivity index (χ4n) is 1.92. The van der Waals surface area contributed by atoms with E-state index in [1.54, 1.807) is 19.2 Å². The lowest BCUT2D eigenvalue weighted by atomic mass is 10.1. The number of carbonyl (C=O) groups is 1. The van der Waals surface area contributed by atoms with E-state index in [4.69, 9.17) is 0 Å². The number of aryl methyl sites for hydroxylation is 2. The number of hydrogen-bond acceptors (Lipinski definition) is 5. The first-order valence-electron chi connectivity index (χ1n) is 6.88. The van der Waals surface area contributed by atoms with Crippen molar-refractivity contribution in [3.63, 3.8) is 0 Å². The molecule has 0 aliphatic heterocycles. The molecule has 2 rings (SSSR count). The molecule has 0 saturated heterocycles. The smallest absolute Gasteiger partial charge is 0.249 e. The highest BCUT2D eigenvalue weighted by Crippen LogP contribution is 2.11. The summed E-state index contributed by atoms with van der Waals surface area (Å²) >= 11 is 0. The van der Waals surface area contributed by atoms with Crippen LogP contribution in [0.3, 0.4) is 0 Å². The lowest BCUT2D eigenvalue weighted by Crippen LogP contribution is -2.19. The Morgan fingerprint density at radius 2 is 1.95 bits per heavy atom. The first kappa shape index (κ1) is 16.2. The van der Waals surface area contributed by atoms with Crippen molar-refractivity contribution in [3.05, 3.63) is 36.2 Å². The van der Waals surface area contributed by atoms with E-state index in [0.717, 1.165) is 6.42 Å². The minimum Gasteiger partial charge on any atom is -0.326 e. The number of benzene rings is 1. The summed E-state index contributed by atoms with van der Waals surface area (Å²) in [6, 6.07) is 7.44. The fourth-order valence-corrected chi connectivity index (χ4v) is 3.21. The Labute approximate surface area is 129 Å². The van der Waals surface area contributed by atoms with Gasteiger partial charge in [0.05, 0.1) is 5.75 Å². The van der Waals surface area contributed by atoms with Crippen molar-refractivity contribution in [2.45, 2.75) is 24.9 Å². The molecule has 0 saturated carbocycles. The second-order valence-electron chi connectivity index (χ2n) is 4.89. The highest BCUT2D eigenvalue weighted by molar-refractivity contribution is 7.91. The molecule has 8 heteroatoms. The van der Waals surface area contributed by atoms with Crippen LogP contribution in [0, 0.1) is 0 Å². The maximum Gasteiger partial charge on any atom is 0.249 e. The van der Waals surface area contributed by atoms with Gasteiger partial charge in [0.25, 0.3) is 0 Å². The predicted octanol–water partition coefficient (Wildman–Crippen LogP) is 1.18. The van der Waals surface area contributed by atoms with Crippen LogP contribution in [0.1, 0.15) is 18.9 Å². The quantitative estimate of drug-likeness (QED) is 0.862. The number of anilines is 1. The highest BCUT2D eigenvalue weighted by Gasteiger charge is 2.21. The summed E-state index contributed by atoms with van der Waals surface area (Å²) in [7, 11) is -2.07. The zero-order valence-corrected chi connectivity index (χ0v) is 13.3. The number of aromatic nitrogens is 3. The molecular weight excluding hydrogens is 304 g/mol. The van der Waals surface area contributed by atoms with Crippen molar-refractivity contribution in [2.75, 3.05) is 11.1 Å². The summed E-state index contributed by atoms with van der Waals surface area (Å²) in [6.07, 6.45) is 2.09. The lowest BCUT2D eigenvalue weighted by molar-refractivity contribution is -0.115. The first-order chi connectivity index (χ1) is 10.4. The Morgan fingerprint density at radius 3 is 2.50 bits per heavy atom. The minimum absolute atomic E-state index is 0.132. The highest BCUT2D eigenvalue weighted by atomic mass is 32.2. The van der Waals surface area contributed by atoms with Crippen molar-refractivity contribution in [3.8, 4) is 0 Å². The minimum atomic E-state index is -3.62. The zero-order valence-electron chi connectivity index (χ0n) is 12.5. The fraction of sp³-hybridized carbons (Fsp3) is 0.357. The van der Waals surface area contributed by atoms with E-state index in [1.165, 1.54) is 16.5 Å². The maximum absolute atomic E-state index is 12.1. The van der Waals surface area contributed by atoms with Crippen LogP contribution in [-0.2, 0) is 28.1 Å². The van der Waals surface area contributed by atoms with E-state index in [9.17, 15) is 13.2 Å². The number of amides is 1. The molecule has 1 aromatic heterocycles. The summed E-state index contributed by atoms with van der Waals surface area (Å²) < 4.78 is 25.4. The molecule has 7 nitrogen and oxygen atoms in total. The first-order valence-corrected chi connectivity index (χ1v) is 8.53. The van der Waals surface area contributed by atoms with Gasteiger partial charge in [0.1, 0.15) is 6.33 Å². The van der Waals surface area contributed by atoms with Gasteiger partial charge in [0, 0.05) is 19.2 Å². The van der Waals surface area contributed by atoms with Crippen LogP contribution in [0.15, 0.2) is 35.7 Å². The van der Waals surface area contributed by atoms with Crippen LogP contribution >= 0.6 is 0 Å². The van der Waals surface area contributed by atoms with E-state index in [1.807, 2.05) is 19.1 Å². The Kier molecular flexibility index (Phi) is 4.92. The van der Waals surface area contributed by atoms with Crippen molar-refractivity contribution < 1.29 is 13.2 Å². The third-order valence-corrected chi connectivity index (χ3v) is 4.86. The van der Waals surface area contributed by atoms with E-state index in [-0.39, 0.29) is 23.2 Å². The van der Waals surface area contributed by atoms with E-state index in [0.29, 0.717) is 5.69 Å². The summed E-state index contributed by atoms with van der Waals surface area (Å²) in [5, 5.41) is 9.64. The molecule has 0 unspecified atom stereocenters. The van der Waals surface area contributed by atoms with Crippen molar-refractivity contribution in [1.29, 1.82) is 0 Å². The third kappa shape index (κ3) is 3.91. The zero-order chi connectivity index (χ0) is 16.2. The number of nitrogens with one attached hydrogen (secondary N) is 1. The largest absolute Gasteiger partial charge is 0.326 e. The SMILES string of the molecule is CCc1ccc(NC(=O)CCS(=O)(=O)c2nncn2C)cc1. The van der Waals surface area contributed by atoms with Gasteiger partial charge in [0.15, 0.2) is 0 Å². The van der Waals surface area contributed by atoms with Gasteiger partial charge in [-0.15, -0.1) is 10.2 Å². The van der Waals surface area contributed by atoms with Crippen molar-refractivity contribution in [1.82, 2.24) is 14.8 Å². The molecule has 1 heterocycles. The molecule has 22 heavy (non-hydrogen) atoms. The Balaban J connectivity index is 1.93. The Morgan fingerprint density at radius 1 is 1.27 bits per heavy atom. The molecule has 0 spiro atoms. The molecule has 1 amide bonds.